The van der Waals surface area contributed by atoms with Gasteiger partial charge in [-0.15, -0.1) is 0 Å². The maximum absolute atomic E-state index is 11.9. The summed E-state index contributed by atoms with van der Waals surface area (Å²) in [6.07, 6.45) is 12.9. The quantitative estimate of drug-likeness (QED) is 0.676. The van der Waals surface area contributed by atoms with Gasteiger partial charge in [-0.3, -0.25) is 4.79 Å². The minimum atomic E-state index is -0.726. The Hall–Kier alpha value is -0.930. The van der Waals surface area contributed by atoms with Crippen molar-refractivity contribution >= 4 is 5.78 Å². The van der Waals surface area contributed by atoms with Crippen molar-refractivity contribution < 1.29 is 14.6 Å². The van der Waals surface area contributed by atoms with E-state index in [1.165, 1.54) is 24.8 Å². The summed E-state index contributed by atoms with van der Waals surface area (Å²) in [4.78, 5) is 11.9. The zero-order valence-electron chi connectivity index (χ0n) is 15.4. The van der Waals surface area contributed by atoms with Gasteiger partial charge in [0.1, 0.15) is 0 Å². The van der Waals surface area contributed by atoms with Gasteiger partial charge in [0, 0.05) is 11.8 Å². The van der Waals surface area contributed by atoms with Crippen LogP contribution in [0.15, 0.2) is 23.8 Å². The number of fused-ring (bicyclic) bond motifs is 6. The predicted octanol–water partition coefficient (Wildman–Crippen LogP) is 4.02. The van der Waals surface area contributed by atoms with Gasteiger partial charge in [-0.05, 0) is 80.3 Å². The molecule has 8 atom stereocenters. The molecule has 4 aliphatic carbocycles. The average molecular weight is 342 g/mol. The number of rotatable bonds is 0. The van der Waals surface area contributed by atoms with E-state index >= 15 is 0 Å². The Morgan fingerprint density at radius 1 is 1.24 bits per heavy atom. The van der Waals surface area contributed by atoms with Crippen molar-refractivity contribution in [1.82, 2.24) is 0 Å². The van der Waals surface area contributed by atoms with E-state index in [0.29, 0.717) is 23.5 Å². The fourth-order valence-electron chi connectivity index (χ4n) is 7.62. The summed E-state index contributed by atoms with van der Waals surface area (Å²) >= 11 is 0. The van der Waals surface area contributed by atoms with Gasteiger partial charge in [-0.2, -0.15) is 0 Å². The van der Waals surface area contributed by atoms with E-state index in [-0.39, 0.29) is 11.0 Å². The molecule has 25 heavy (non-hydrogen) atoms. The molecular formula is C22H30O3. The Bertz CT molecular complexity index is 664. The van der Waals surface area contributed by atoms with Gasteiger partial charge in [0.2, 0.25) is 0 Å². The van der Waals surface area contributed by atoms with E-state index in [1.54, 1.807) is 0 Å². The molecule has 1 heterocycles. The molecule has 1 N–H and O–H groups in total. The molecule has 3 nitrogen and oxygen atoms in total. The topological polar surface area (TPSA) is 46.5 Å². The number of carbonyl (C=O) groups is 1. The van der Waals surface area contributed by atoms with Gasteiger partial charge in [0.05, 0.1) is 5.60 Å². The number of allylic oxidation sites excluding steroid dienone is 1. The highest BCUT2D eigenvalue weighted by atomic mass is 16.6. The standard InChI is InChI=1S/C22H30O3/c1-13-11-14-12-15(23)3-4-16(14)17-5-8-21(2)18(20(13)17)6-9-22(21)10-7-19(24)25-22/h7,10,12-13,16-20,24H,3-6,8-9,11H2,1-2H3/t13-,16-,17?,18?,19?,20?,21-,22+/m0/s1. The van der Waals surface area contributed by atoms with E-state index in [1.807, 2.05) is 12.2 Å². The van der Waals surface area contributed by atoms with E-state index in [9.17, 15) is 9.90 Å². The Balaban J connectivity index is 1.49. The van der Waals surface area contributed by atoms with Crippen LogP contribution in [0.2, 0.25) is 0 Å². The maximum atomic E-state index is 11.9. The van der Waals surface area contributed by atoms with Crippen molar-refractivity contribution in [3.63, 3.8) is 0 Å². The van der Waals surface area contributed by atoms with Gasteiger partial charge < -0.3 is 9.84 Å². The number of carbonyl (C=O) groups excluding carboxylic acids is 1. The van der Waals surface area contributed by atoms with Gasteiger partial charge >= 0.3 is 0 Å². The molecule has 5 aliphatic rings. The number of aliphatic hydroxyl groups excluding tert-OH is 1. The highest BCUT2D eigenvalue weighted by Gasteiger charge is 2.64. The molecular weight excluding hydrogens is 312 g/mol. The molecule has 0 saturated heterocycles. The molecule has 0 aromatic carbocycles. The van der Waals surface area contributed by atoms with Gasteiger partial charge in [-0.1, -0.05) is 25.5 Å². The third kappa shape index (κ3) is 2.09. The highest BCUT2D eigenvalue weighted by molar-refractivity contribution is 5.91. The van der Waals surface area contributed by atoms with Gasteiger partial charge in [-0.25, -0.2) is 0 Å². The lowest BCUT2D eigenvalue weighted by atomic mass is 9.48. The molecule has 0 amide bonds. The summed E-state index contributed by atoms with van der Waals surface area (Å²) in [6.45, 7) is 4.83. The first kappa shape index (κ1) is 16.3. The average Bonchev–Trinajstić information content (AvgIpc) is 3.09. The number of hydrogen-bond acceptors (Lipinski definition) is 3. The number of aliphatic hydroxyl groups is 1. The summed E-state index contributed by atoms with van der Waals surface area (Å²) in [5.41, 5.74) is 1.34. The molecule has 4 unspecified atom stereocenters. The molecule has 0 bridgehead atoms. The SMILES string of the molecule is C[C@H]1CC2=CC(=O)CC[C@@H]2C2CC[C@@]3(C)C(CC[C@@]34C=CC(O)O4)C21. The summed E-state index contributed by atoms with van der Waals surface area (Å²) in [5, 5.41) is 9.97. The van der Waals surface area contributed by atoms with Crippen molar-refractivity contribution in [3.8, 4) is 0 Å². The van der Waals surface area contributed by atoms with Crippen LogP contribution in [0.25, 0.3) is 0 Å². The third-order valence-electron chi connectivity index (χ3n) is 8.68. The van der Waals surface area contributed by atoms with Crippen molar-refractivity contribution in [2.45, 2.75) is 70.7 Å². The van der Waals surface area contributed by atoms with Crippen LogP contribution in [-0.2, 0) is 9.53 Å². The van der Waals surface area contributed by atoms with Crippen LogP contribution in [0.4, 0.5) is 0 Å². The molecule has 0 radical (unpaired) electrons. The number of hydrogen-bond donors (Lipinski definition) is 1. The Labute approximate surface area is 150 Å². The van der Waals surface area contributed by atoms with Crippen LogP contribution in [0, 0.1) is 35.0 Å². The minimum Gasteiger partial charge on any atom is -0.365 e. The third-order valence-corrected chi connectivity index (χ3v) is 8.68. The van der Waals surface area contributed by atoms with Crippen molar-refractivity contribution in [3.05, 3.63) is 23.8 Å². The van der Waals surface area contributed by atoms with Crippen LogP contribution in [0.3, 0.4) is 0 Å². The van der Waals surface area contributed by atoms with Crippen LogP contribution in [-0.4, -0.2) is 22.8 Å². The second kappa shape index (κ2) is 5.29. The van der Waals surface area contributed by atoms with Crippen molar-refractivity contribution in [2.24, 2.45) is 35.0 Å². The van der Waals surface area contributed by atoms with Crippen LogP contribution in [0.5, 0.6) is 0 Å². The van der Waals surface area contributed by atoms with E-state index in [4.69, 9.17) is 4.74 Å². The van der Waals surface area contributed by atoms with Gasteiger partial charge in [0.25, 0.3) is 0 Å². The molecule has 1 aliphatic heterocycles. The van der Waals surface area contributed by atoms with Crippen molar-refractivity contribution in [2.75, 3.05) is 0 Å². The molecule has 0 aromatic heterocycles. The van der Waals surface area contributed by atoms with Crippen LogP contribution >= 0.6 is 0 Å². The lowest BCUT2D eigenvalue weighted by Gasteiger charge is -2.57. The minimum absolute atomic E-state index is 0.141. The molecule has 3 heteroatoms. The van der Waals surface area contributed by atoms with E-state index in [0.717, 1.165) is 37.5 Å². The summed E-state index contributed by atoms with van der Waals surface area (Å²) in [7, 11) is 0. The largest absolute Gasteiger partial charge is 0.365 e. The Morgan fingerprint density at radius 2 is 2.08 bits per heavy atom. The second-order valence-corrected chi connectivity index (χ2v) is 9.61. The summed E-state index contributed by atoms with van der Waals surface area (Å²) in [6, 6.07) is 0. The van der Waals surface area contributed by atoms with Gasteiger partial charge in [0.15, 0.2) is 12.1 Å². The zero-order valence-corrected chi connectivity index (χ0v) is 15.4. The molecule has 3 saturated carbocycles. The molecule has 1 spiro atoms. The molecule has 0 aromatic rings. The fourth-order valence-corrected chi connectivity index (χ4v) is 7.62. The maximum Gasteiger partial charge on any atom is 0.175 e. The zero-order chi connectivity index (χ0) is 17.4. The smallest absolute Gasteiger partial charge is 0.175 e. The lowest BCUT2D eigenvalue weighted by Crippen LogP contribution is -2.54. The fraction of sp³-hybridized carbons (Fsp3) is 0.773. The van der Waals surface area contributed by atoms with Crippen LogP contribution < -0.4 is 0 Å². The molecule has 3 fully saturated rings. The highest BCUT2D eigenvalue weighted by Crippen LogP contribution is 2.67. The first-order valence-corrected chi connectivity index (χ1v) is 10.2. The van der Waals surface area contributed by atoms with Crippen LogP contribution in [0.1, 0.15) is 58.8 Å². The second-order valence-electron chi connectivity index (χ2n) is 9.61. The lowest BCUT2D eigenvalue weighted by molar-refractivity contribution is -0.183. The molecule has 5 rings (SSSR count). The monoisotopic (exact) mass is 342 g/mol. The van der Waals surface area contributed by atoms with Crippen molar-refractivity contribution in [1.29, 1.82) is 0 Å². The normalized spacial score (nSPS) is 54.2. The van der Waals surface area contributed by atoms with E-state index < -0.39 is 6.29 Å². The number of ether oxygens (including phenoxy) is 1. The Morgan fingerprint density at radius 3 is 2.84 bits per heavy atom. The number of ketones is 1. The summed E-state index contributed by atoms with van der Waals surface area (Å²) in [5.74, 6) is 3.79. The summed E-state index contributed by atoms with van der Waals surface area (Å²) < 4.78 is 6.11. The van der Waals surface area contributed by atoms with E-state index in [2.05, 4.69) is 19.9 Å². The Kier molecular flexibility index (Phi) is 3.44. The first-order chi connectivity index (χ1) is 11.9. The first-order valence-electron chi connectivity index (χ1n) is 10.2. The molecule has 136 valence electrons. The predicted molar refractivity (Wildman–Crippen MR) is 95.6 cm³/mol.